The molecule has 4 aromatic rings. The second-order valence-corrected chi connectivity index (χ2v) is 10.3. The van der Waals surface area contributed by atoms with Gasteiger partial charge in [-0.25, -0.2) is 5.43 Å². The molecule has 3 N–H and O–H groups in total. The molecule has 0 aliphatic rings. The van der Waals surface area contributed by atoms with Crippen molar-refractivity contribution in [2.75, 3.05) is 5.43 Å². The molecule has 0 atom stereocenters. The summed E-state index contributed by atoms with van der Waals surface area (Å²) < 4.78 is 0. The van der Waals surface area contributed by atoms with Crippen molar-refractivity contribution in [2.45, 2.75) is 59.3 Å². The number of aryl methyl sites for hydroxylation is 1. The number of rotatable bonds is 3. The third kappa shape index (κ3) is 4.02. The number of phenolic OH excluding ortho intramolecular Hbond substituents is 1. The number of nitrogens with one attached hydrogen (secondary N) is 2. The first kappa shape index (κ1) is 21.7. The molecule has 0 aliphatic carbocycles. The molecule has 7 heteroatoms. The van der Waals surface area contributed by atoms with Gasteiger partial charge in [-0.05, 0) is 41.0 Å². The first-order chi connectivity index (χ1) is 14.9. The number of phenols is 1. The SMILES string of the molecule is Cc1cccc2c1[nH]c1nc(NN=Cc3cc(C(C)(C)C)c(O)c(C(C)(C)C)c3)nnc12. The highest BCUT2D eigenvalue weighted by atomic mass is 16.3. The van der Waals surface area contributed by atoms with E-state index in [4.69, 9.17) is 0 Å². The van der Waals surface area contributed by atoms with Crippen LogP contribution in [0, 0.1) is 6.92 Å². The van der Waals surface area contributed by atoms with Crippen LogP contribution in [-0.2, 0) is 10.8 Å². The number of para-hydroxylation sites is 1. The lowest BCUT2D eigenvalue weighted by Crippen LogP contribution is -2.18. The zero-order valence-electron chi connectivity index (χ0n) is 19.7. The van der Waals surface area contributed by atoms with Crippen LogP contribution in [-0.4, -0.2) is 31.5 Å². The lowest BCUT2D eigenvalue weighted by atomic mass is 9.78. The molecular weight excluding hydrogens is 400 g/mol. The van der Waals surface area contributed by atoms with Gasteiger partial charge in [-0.2, -0.15) is 10.1 Å². The number of fused-ring (bicyclic) bond motifs is 3. The molecule has 2 aromatic heterocycles. The summed E-state index contributed by atoms with van der Waals surface area (Å²) in [5.74, 6) is 0.658. The van der Waals surface area contributed by atoms with Crippen molar-refractivity contribution in [3.05, 3.63) is 52.6 Å². The van der Waals surface area contributed by atoms with Crippen LogP contribution in [0.25, 0.3) is 22.1 Å². The van der Waals surface area contributed by atoms with Gasteiger partial charge in [-0.3, -0.25) is 0 Å². The summed E-state index contributed by atoms with van der Waals surface area (Å²) in [7, 11) is 0. The molecule has 32 heavy (non-hydrogen) atoms. The summed E-state index contributed by atoms with van der Waals surface area (Å²) in [6.45, 7) is 14.6. The zero-order valence-corrected chi connectivity index (χ0v) is 19.7. The number of nitrogens with zero attached hydrogens (tertiary/aromatic N) is 4. The van der Waals surface area contributed by atoms with Crippen molar-refractivity contribution in [1.29, 1.82) is 0 Å². The highest BCUT2D eigenvalue weighted by Crippen LogP contribution is 2.39. The van der Waals surface area contributed by atoms with Crippen LogP contribution < -0.4 is 5.43 Å². The number of hydrazone groups is 1. The van der Waals surface area contributed by atoms with Crippen molar-refractivity contribution >= 4 is 34.2 Å². The topological polar surface area (TPSA) is 99.1 Å². The van der Waals surface area contributed by atoms with Gasteiger partial charge in [0, 0.05) is 16.5 Å². The van der Waals surface area contributed by atoms with Gasteiger partial charge in [-0.1, -0.05) is 59.7 Å². The van der Waals surface area contributed by atoms with E-state index in [1.54, 1.807) is 6.21 Å². The first-order valence-electron chi connectivity index (χ1n) is 10.7. The molecule has 0 amide bonds. The van der Waals surface area contributed by atoms with E-state index < -0.39 is 0 Å². The third-order valence-corrected chi connectivity index (χ3v) is 5.58. The Bertz CT molecular complexity index is 1300. The number of aromatic nitrogens is 4. The van der Waals surface area contributed by atoms with Gasteiger partial charge in [-0.15, -0.1) is 10.2 Å². The maximum absolute atomic E-state index is 10.9. The fourth-order valence-electron chi connectivity index (χ4n) is 3.83. The van der Waals surface area contributed by atoms with Crippen LogP contribution in [0.4, 0.5) is 5.95 Å². The fraction of sp³-hybridized carbons (Fsp3) is 0.360. The normalized spacial score (nSPS) is 12.8. The van der Waals surface area contributed by atoms with Gasteiger partial charge < -0.3 is 10.1 Å². The second kappa shape index (κ2) is 7.58. The molecule has 0 spiro atoms. The second-order valence-electron chi connectivity index (χ2n) is 10.3. The Morgan fingerprint density at radius 2 is 1.66 bits per heavy atom. The molecule has 2 aromatic carbocycles. The highest BCUT2D eigenvalue weighted by Gasteiger charge is 2.26. The highest BCUT2D eigenvalue weighted by molar-refractivity contribution is 6.04. The Labute approximate surface area is 188 Å². The summed E-state index contributed by atoms with van der Waals surface area (Å²) in [4.78, 5) is 7.83. The molecule has 0 fully saturated rings. The molecule has 0 unspecified atom stereocenters. The number of hydrogen-bond donors (Lipinski definition) is 3. The van der Waals surface area contributed by atoms with Gasteiger partial charge in [0.25, 0.3) is 5.95 Å². The Morgan fingerprint density at radius 1 is 1.00 bits per heavy atom. The van der Waals surface area contributed by atoms with Crippen molar-refractivity contribution in [3.8, 4) is 5.75 Å². The van der Waals surface area contributed by atoms with Crippen LogP contribution in [0.5, 0.6) is 5.75 Å². The molecule has 7 nitrogen and oxygen atoms in total. The van der Waals surface area contributed by atoms with E-state index in [0.717, 1.165) is 38.7 Å². The van der Waals surface area contributed by atoms with Gasteiger partial charge in [0.2, 0.25) is 0 Å². The molecule has 0 bridgehead atoms. The standard InChI is InChI=1S/C25H30N6O/c1-14-9-8-10-16-19(14)27-22-20(16)29-31-23(28-22)30-26-13-15-11-17(24(2,3)4)21(32)18(12-15)25(5,6)7/h8-13,32H,1-7H3,(H2,27,28,30,31). The van der Waals surface area contributed by atoms with Crippen LogP contribution in [0.1, 0.15) is 63.8 Å². The number of benzene rings is 2. The third-order valence-electron chi connectivity index (χ3n) is 5.58. The summed E-state index contributed by atoms with van der Waals surface area (Å²) >= 11 is 0. The zero-order chi connectivity index (χ0) is 23.3. The average molecular weight is 431 g/mol. The van der Waals surface area contributed by atoms with E-state index in [1.807, 2.05) is 37.3 Å². The number of aromatic amines is 1. The molecule has 0 saturated heterocycles. The quantitative estimate of drug-likeness (QED) is 0.292. The van der Waals surface area contributed by atoms with Crippen LogP contribution in [0.3, 0.4) is 0 Å². The van der Waals surface area contributed by atoms with Crippen molar-refractivity contribution < 1.29 is 5.11 Å². The summed E-state index contributed by atoms with van der Waals surface area (Å²) in [6, 6.07) is 9.99. The van der Waals surface area contributed by atoms with Crippen LogP contribution >= 0.6 is 0 Å². The summed E-state index contributed by atoms with van der Waals surface area (Å²) in [5.41, 5.74) is 8.69. The summed E-state index contributed by atoms with van der Waals surface area (Å²) in [6.07, 6.45) is 1.72. The Hall–Kier alpha value is -3.48. The largest absolute Gasteiger partial charge is 0.507 e. The number of aromatic hydroxyl groups is 1. The monoisotopic (exact) mass is 430 g/mol. The molecule has 0 saturated carbocycles. The Morgan fingerprint density at radius 3 is 2.28 bits per heavy atom. The van der Waals surface area contributed by atoms with Crippen molar-refractivity contribution in [3.63, 3.8) is 0 Å². The average Bonchev–Trinajstić information content (AvgIpc) is 3.06. The predicted molar refractivity (Wildman–Crippen MR) is 131 cm³/mol. The molecule has 4 rings (SSSR count). The van der Waals surface area contributed by atoms with Gasteiger partial charge in [0.05, 0.1) is 11.7 Å². The van der Waals surface area contributed by atoms with Gasteiger partial charge >= 0.3 is 0 Å². The minimum atomic E-state index is -0.201. The molecule has 0 radical (unpaired) electrons. The fourth-order valence-corrected chi connectivity index (χ4v) is 3.83. The van der Waals surface area contributed by atoms with Crippen molar-refractivity contribution in [1.82, 2.24) is 20.2 Å². The minimum Gasteiger partial charge on any atom is -0.507 e. The predicted octanol–water partition coefficient (Wildman–Crippen LogP) is 5.56. The summed E-state index contributed by atoms with van der Waals surface area (Å²) in [5, 5.41) is 24.7. The van der Waals surface area contributed by atoms with E-state index in [0.29, 0.717) is 17.3 Å². The first-order valence-corrected chi connectivity index (χ1v) is 10.7. The number of hydrogen-bond acceptors (Lipinski definition) is 6. The lowest BCUT2D eigenvalue weighted by molar-refractivity contribution is 0.423. The Kier molecular flexibility index (Phi) is 5.15. The number of anilines is 1. The van der Waals surface area contributed by atoms with E-state index in [9.17, 15) is 5.11 Å². The van der Waals surface area contributed by atoms with Crippen molar-refractivity contribution in [2.24, 2.45) is 5.10 Å². The van der Waals surface area contributed by atoms with Gasteiger partial charge in [0.1, 0.15) is 11.3 Å². The molecule has 2 heterocycles. The van der Waals surface area contributed by atoms with Gasteiger partial charge in [0.15, 0.2) is 5.65 Å². The Balaban J connectivity index is 1.65. The smallest absolute Gasteiger partial charge is 0.265 e. The molecular formula is C25H30N6O. The lowest BCUT2D eigenvalue weighted by Gasteiger charge is -2.27. The van der Waals surface area contributed by atoms with E-state index in [-0.39, 0.29) is 10.8 Å². The molecule has 0 aliphatic heterocycles. The molecule has 166 valence electrons. The minimum absolute atomic E-state index is 0.201. The maximum Gasteiger partial charge on any atom is 0.265 e. The number of H-pyrrole nitrogens is 1. The van der Waals surface area contributed by atoms with E-state index in [2.05, 4.69) is 72.2 Å². The van der Waals surface area contributed by atoms with E-state index >= 15 is 0 Å². The van der Waals surface area contributed by atoms with Crippen LogP contribution in [0.15, 0.2) is 35.4 Å². The maximum atomic E-state index is 10.9. The van der Waals surface area contributed by atoms with E-state index in [1.165, 1.54) is 0 Å². The van der Waals surface area contributed by atoms with Crippen LogP contribution in [0.2, 0.25) is 0 Å².